The highest BCUT2D eigenvalue weighted by molar-refractivity contribution is 7.89. The van der Waals surface area contributed by atoms with Crippen LogP contribution in [0.15, 0.2) is 11.0 Å². The number of thiophene rings is 1. The van der Waals surface area contributed by atoms with Crippen LogP contribution in [0.25, 0.3) is 0 Å². The maximum atomic E-state index is 12.5. The Morgan fingerprint density at radius 2 is 2.22 bits per heavy atom. The predicted molar refractivity (Wildman–Crippen MR) is 73.0 cm³/mol. The van der Waals surface area contributed by atoms with Gasteiger partial charge in [0.25, 0.3) is 0 Å². The minimum absolute atomic E-state index is 0.0190. The van der Waals surface area contributed by atoms with Gasteiger partial charge in [-0.2, -0.15) is 4.31 Å². The van der Waals surface area contributed by atoms with Gasteiger partial charge in [0, 0.05) is 19.2 Å². The molecule has 1 saturated heterocycles. The van der Waals surface area contributed by atoms with Crippen molar-refractivity contribution in [1.82, 2.24) is 4.31 Å². The van der Waals surface area contributed by atoms with E-state index in [0.29, 0.717) is 17.3 Å². The molecule has 102 valence electrons. The quantitative estimate of drug-likeness (QED) is 0.923. The molecule has 1 N–H and O–H groups in total. The molecule has 0 bridgehead atoms. The number of sulfonamides is 1. The second kappa shape index (κ2) is 5.64. The van der Waals surface area contributed by atoms with Crippen LogP contribution in [-0.4, -0.2) is 37.0 Å². The average molecular weight is 330 g/mol. The van der Waals surface area contributed by atoms with Crippen LogP contribution in [0.4, 0.5) is 0 Å². The summed E-state index contributed by atoms with van der Waals surface area (Å²) < 4.78 is 26.9. The van der Waals surface area contributed by atoms with Gasteiger partial charge in [-0.1, -0.05) is 23.2 Å². The van der Waals surface area contributed by atoms with Gasteiger partial charge in [0.15, 0.2) is 0 Å². The predicted octanol–water partition coefficient (Wildman–Crippen LogP) is 2.59. The zero-order valence-electron chi connectivity index (χ0n) is 9.47. The van der Waals surface area contributed by atoms with Crippen molar-refractivity contribution < 1.29 is 13.5 Å². The first-order valence-electron chi connectivity index (χ1n) is 5.54. The molecule has 0 aliphatic carbocycles. The molecule has 1 aliphatic heterocycles. The van der Waals surface area contributed by atoms with E-state index < -0.39 is 10.0 Å². The van der Waals surface area contributed by atoms with E-state index in [-0.39, 0.29) is 21.9 Å². The molecule has 18 heavy (non-hydrogen) atoms. The van der Waals surface area contributed by atoms with Crippen molar-refractivity contribution >= 4 is 44.6 Å². The van der Waals surface area contributed by atoms with Crippen molar-refractivity contribution in [1.29, 1.82) is 0 Å². The molecule has 0 amide bonds. The number of aliphatic hydroxyl groups is 1. The molecule has 1 aromatic heterocycles. The molecule has 1 unspecified atom stereocenters. The molecule has 0 radical (unpaired) electrons. The lowest BCUT2D eigenvalue weighted by Crippen LogP contribution is -2.36. The van der Waals surface area contributed by atoms with Crippen molar-refractivity contribution in [3.63, 3.8) is 0 Å². The monoisotopic (exact) mass is 329 g/mol. The fourth-order valence-corrected chi connectivity index (χ4v) is 6.03. The summed E-state index contributed by atoms with van der Waals surface area (Å²) in [5.41, 5.74) is 0. The molecule has 1 atom stereocenters. The summed E-state index contributed by atoms with van der Waals surface area (Å²) in [7, 11) is -3.60. The third kappa shape index (κ3) is 2.69. The van der Waals surface area contributed by atoms with Gasteiger partial charge in [-0.3, -0.25) is 0 Å². The van der Waals surface area contributed by atoms with Crippen molar-refractivity contribution in [3.8, 4) is 0 Å². The van der Waals surface area contributed by atoms with Crippen LogP contribution in [0.2, 0.25) is 8.67 Å². The number of hydrogen-bond donors (Lipinski definition) is 1. The second-order valence-electron chi connectivity index (χ2n) is 4.11. The van der Waals surface area contributed by atoms with Crippen molar-refractivity contribution in [2.24, 2.45) is 0 Å². The van der Waals surface area contributed by atoms with Gasteiger partial charge in [-0.25, -0.2) is 8.42 Å². The van der Waals surface area contributed by atoms with E-state index in [1.807, 2.05) is 0 Å². The van der Waals surface area contributed by atoms with Crippen molar-refractivity contribution in [3.05, 3.63) is 14.7 Å². The lowest BCUT2D eigenvalue weighted by molar-refractivity contribution is 0.246. The number of hydrogen-bond acceptors (Lipinski definition) is 4. The molecule has 2 rings (SSSR count). The Morgan fingerprint density at radius 3 is 2.78 bits per heavy atom. The van der Waals surface area contributed by atoms with Gasteiger partial charge >= 0.3 is 0 Å². The molecule has 1 fully saturated rings. The van der Waals surface area contributed by atoms with Crippen LogP contribution in [-0.2, 0) is 10.0 Å². The third-order valence-corrected chi connectivity index (χ3v) is 6.70. The number of nitrogens with zero attached hydrogens (tertiary/aromatic N) is 1. The van der Waals surface area contributed by atoms with Crippen LogP contribution in [0.1, 0.15) is 19.3 Å². The standard InChI is InChI=1S/C10H13Cl2NO3S2/c11-9-6-8(10(12)17-9)18(15,16)13-4-1-2-7(13)3-5-14/h6-7,14H,1-5H2. The largest absolute Gasteiger partial charge is 0.396 e. The van der Waals surface area contributed by atoms with Crippen molar-refractivity contribution in [2.45, 2.75) is 30.2 Å². The first-order chi connectivity index (χ1) is 8.46. The summed E-state index contributed by atoms with van der Waals surface area (Å²) in [6.45, 7) is 0.450. The summed E-state index contributed by atoms with van der Waals surface area (Å²) >= 11 is 12.7. The molecule has 1 aliphatic rings. The summed E-state index contributed by atoms with van der Waals surface area (Å²) in [6, 6.07) is 1.24. The topological polar surface area (TPSA) is 57.6 Å². The highest BCUT2D eigenvalue weighted by Gasteiger charge is 2.36. The van der Waals surface area contributed by atoms with Gasteiger partial charge in [0.1, 0.15) is 9.23 Å². The van der Waals surface area contributed by atoms with Crippen molar-refractivity contribution in [2.75, 3.05) is 13.2 Å². The van der Waals surface area contributed by atoms with E-state index >= 15 is 0 Å². The zero-order chi connectivity index (χ0) is 13.3. The summed E-state index contributed by atoms with van der Waals surface area (Å²) in [5.74, 6) is 0. The Labute approximate surface area is 120 Å². The Balaban J connectivity index is 2.33. The molecule has 8 heteroatoms. The Bertz CT molecular complexity index is 529. The Morgan fingerprint density at radius 1 is 1.50 bits per heavy atom. The fourth-order valence-electron chi connectivity index (χ4n) is 2.19. The molecular weight excluding hydrogens is 317 g/mol. The number of rotatable bonds is 4. The summed E-state index contributed by atoms with van der Waals surface area (Å²) in [6.07, 6.45) is 2.03. The van der Waals surface area contributed by atoms with E-state index in [9.17, 15) is 8.42 Å². The first-order valence-corrected chi connectivity index (χ1v) is 8.55. The Kier molecular flexibility index (Phi) is 4.57. The number of halogens is 2. The smallest absolute Gasteiger partial charge is 0.245 e. The lowest BCUT2D eigenvalue weighted by atomic mass is 10.2. The molecule has 2 heterocycles. The first kappa shape index (κ1) is 14.6. The number of aliphatic hydroxyl groups excluding tert-OH is 1. The van der Waals surface area contributed by atoms with Crippen LogP contribution in [0.3, 0.4) is 0 Å². The normalized spacial score (nSPS) is 21.6. The maximum absolute atomic E-state index is 12.5. The molecule has 4 nitrogen and oxygen atoms in total. The SMILES string of the molecule is O=S(=O)(c1cc(Cl)sc1Cl)N1CCCC1CCO. The van der Waals surface area contributed by atoms with Crippen LogP contribution >= 0.6 is 34.5 Å². The fraction of sp³-hybridized carbons (Fsp3) is 0.600. The molecule has 0 spiro atoms. The molecule has 0 saturated carbocycles. The van der Waals surface area contributed by atoms with E-state index in [2.05, 4.69) is 0 Å². The third-order valence-electron chi connectivity index (χ3n) is 3.00. The minimum Gasteiger partial charge on any atom is -0.396 e. The van der Waals surface area contributed by atoms with E-state index in [0.717, 1.165) is 24.2 Å². The summed E-state index contributed by atoms with van der Waals surface area (Å²) in [4.78, 5) is 0.0732. The average Bonchev–Trinajstić information content (AvgIpc) is 2.86. The summed E-state index contributed by atoms with van der Waals surface area (Å²) in [5, 5.41) is 8.97. The van der Waals surface area contributed by atoms with Crippen LogP contribution < -0.4 is 0 Å². The van der Waals surface area contributed by atoms with Crippen LogP contribution in [0, 0.1) is 0 Å². The Hall–Kier alpha value is 0.150. The van der Waals surface area contributed by atoms with Crippen LogP contribution in [0.5, 0.6) is 0 Å². The van der Waals surface area contributed by atoms with Gasteiger partial charge in [-0.15, -0.1) is 11.3 Å². The highest BCUT2D eigenvalue weighted by Crippen LogP contribution is 2.38. The van der Waals surface area contributed by atoms with Gasteiger partial charge < -0.3 is 5.11 Å². The van der Waals surface area contributed by atoms with Gasteiger partial charge in [-0.05, 0) is 25.3 Å². The maximum Gasteiger partial charge on any atom is 0.245 e. The minimum atomic E-state index is -3.60. The van der Waals surface area contributed by atoms with Gasteiger partial charge in [0.05, 0.1) is 4.34 Å². The second-order valence-corrected chi connectivity index (χ2v) is 8.26. The van der Waals surface area contributed by atoms with Gasteiger partial charge in [0.2, 0.25) is 10.0 Å². The molecular formula is C10H13Cl2NO3S2. The highest BCUT2D eigenvalue weighted by atomic mass is 35.5. The molecule has 0 aromatic carbocycles. The zero-order valence-corrected chi connectivity index (χ0v) is 12.6. The van der Waals surface area contributed by atoms with E-state index in [1.165, 1.54) is 10.4 Å². The van der Waals surface area contributed by atoms with E-state index in [4.69, 9.17) is 28.3 Å². The van der Waals surface area contributed by atoms with E-state index in [1.54, 1.807) is 0 Å². The molecule has 1 aromatic rings. The lowest BCUT2D eigenvalue weighted by Gasteiger charge is -2.23.